The van der Waals surface area contributed by atoms with Crippen LogP contribution in [0.4, 0.5) is 5.82 Å². The van der Waals surface area contributed by atoms with Gasteiger partial charge in [0.2, 0.25) is 5.91 Å². The van der Waals surface area contributed by atoms with Crippen LogP contribution >= 0.6 is 0 Å². The summed E-state index contributed by atoms with van der Waals surface area (Å²) in [7, 11) is 1.92. The molecule has 1 aromatic rings. The van der Waals surface area contributed by atoms with E-state index in [1.165, 1.54) is 0 Å². The first-order chi connectivity index (χ1) is 11.0. The van der Waals surface area contributed by atoms with E-state index in [-0.39, 0.29) is 5.41 Å². The summed E-state index contributed by atoms with van der Waals surface area (Å²) < 4.78 is 0. The quantitative estimate of drug-likeness (QED) is 0.885. The molecule has 0 atom stereocenters. The van der Waals surface area contributed by atoms with Crippen LogP contribution in [0.5, 0.6) is 0 Å². The first-order valence-corrected chi connectivity index (χ1v) is 8.61. The number of rotatable bonds is 2. The molecular weight excluding hydrogens is 290 g/mol. The van der Waals surface area contributed by atoms with E-state index in [1.54, 1.807) is 6.33 Å². The van der Waals surface area contributed by atoms with Crippen LogP contribution in [0.3, 0.4) is 0 Å². The van der Waals surface area contributed by atoms with Crippen LogP contribution in [0.2, 0.25) is 0 Å². The number of amides is 1. The highest BCUT2D eigenvalue weighted by Gasteiger charge is 2.43. The summed E-state index contributed by atoms with van der Waals surface area (Å²) in [6.07, 6.45) is 6.60. The minimum atomic E-state index is 0.193. The smallest absolute Gasteiger partial charge is 0.222 e. The van der Waals surface area contributed by atoms with Crippen LogP contribution in [-0.2, 0) is 4.79 Å². The van der Waals surface area contributed by atoms with Crippen LogP contribution < -0.4 is 10.6 Å². The molecule has 3 aliphatic rings. The van der Waals surface area contributed by atoms with Gasteiger partial charge in [-0.15, -0.1) is 0 Å². The summed E-state index contributed by atoms with van der Waals surface area (Å²) in [4.78, 5) is 25.0. The summed E-state index contributed by atoms with van der Waals surface area (Å²) in [5.74, 6) is 1.83. The molecule has 1 spiro atoms. The van der Waals surface area contributed by atoms with Crippen molar-refractivity contribution in [3.63, 3.8) is 0 Å². The fraction of sp³-hybridized carbons (Fsp3) is 0.706. The number of carbonyl (C=O) groups excluding carboxylic acids is 1. The summed E-state index contributed by atoms with van der Waals surface area (Å²) in [6, 6.07) is 2.48. The van der Waals surface area contributed by atoms with Crippen LogP contribution in [0.1, 0.15) is 43.7 Å². The third kappa shape index (κ3) is 2.69. The molecule has 2 N–H and O–H groups in total. The predicted molar refractivity (Wildman–Crippen MR) is 88.1 cm³/mol. The molecule has 1 aromatic heterocycles. The fourth-order valence-electron chi connectivity index (χ4n) is 4.31. The molecule has 1 aliphatic carbocycles. The van der Waals surface area contributed by atoms with Crippen LogP contribution in [-0.4, -0.2) is 53.5 Å². The molecule has 0 radical (unpaired) electrons. The number of nitrogens with two attached hydrogens (primary N) is 1. The molecule has 6 heteroatoms. The average molecular weight is 315 g/mol. The Balaban J connectivity index is 1.43. The second-order valence-electron chi connectivity index (χ2n) is 7.64. The zero-order valence-electron chi connectivity index (χ0n) is 13.7. The highest BCUT2D eigenvalue weighted by Crippen LogP contribution is 2.41. The number of aromatic nitrogens is 2. The molecule has 0 bridgehead atoms. The summed E-state index contributed by atoms with van der Waals surface area (Å²) in [5, 5.41) is 0. The molecule has 0 aromatic carbocycles. The molecule has 23 heavy (non-hydrogen) atoms. The van der Waals surface area contributed by atoms with Crippen molar-refractivity contribution in [3.05, 3.63) is 18.1 Å². The number of piperidine rings is 1. The van der Waals surface area contributed by atoms with Gasteiger partial charge in [-0.25, -0.2) is 9.97 Å². The lowest BCUT2D eigenvalue weighted by Gasteiger charge is -2.39. The van der Waals surface area contributed by atoms with Gasteiger partial charge in [-0.1, -0.05) is 0 Å². The van der Waals surface area contributed by atoms with Gasteiger partial charge in [0, 0.05) is 62.2 Å². The third-order valence-electron chi connectivity index (χ3n) is 5.94. The van der Waals surface area contributed by atoms with Crippen LogP contribution in [0, 0.1) is 5.41 Å². The lowest BCUT2D eigenvalue weighted by atomic mass is 9.77. The minimum Gasteiger partial charge on any atom is -0.356 e. The van der Waals surface area contributed by atoms with E-state index in [0.29, 0.717) is 24.3 Å². The van der Waals surface area contributed by atoms with Gasteiger partial charge in [-0.3, -0.25) is 4.79 Å². The number of likely N-dealkylation sites (tertiary alicyclic amines) is 1. The molecule has 4 rings (SSSR count). The summed E-state index contributed by atoms with van der Waals surface area (Å²) >= 11 is 0. The minimum absolute atomic E-state index is 0.193. The molecule has 2 aliphatic heterocycles. The van der Waals surface area contributed by atoms with Gasteiger partial charge in [-0.2, -0.15) is 0 Å². The van der Waals surface area contributed by atoms with Gasteiger partial charge in [0.05, 0.1) is 0 Å². The Morgan fingerprint density at radius 1 is 1.26 bits per heavy atom. The molecular formula is C17H25N5O. The van der Waals surface area contributed by atoms with E-state index in [2.05, 4.69) is 20.9 Å². The monoisotopic (exact) mass is 315 g/mol. The zero-order valence-corrected chi connectivity index (χ0v) is 13.7. The maximum Gasteiger partial charge on any atom is 0.222 e. The zero-order chi connectivity index (χ0) is 16.0. The highest BCUT2D eigenvalue weighted by molar-refractivity contribution is 5.79. The lowest BCUT2D eigenvalue weighted by molar-refractivity contribution is -0.126. The molecule has 0 unspecified atom stereocenters. The van der Waals surface area contributed by atoms with Crippen molar-refractivity contribution < 1.29 is 4.79 Å². The van der Waals surface area contributed by atoms with Gasteiger partial charge < -0.3 is 15.5 Å². The predicted octanol–water partition coefficient (Wildman–Crippen LogP) is 1.13. The highest BCUT2D eigenvalue weighted by atomic mass is 16.2. The molecule has 124 valence electrons. The van der Waals surface area contributed by atoms with Crippen molar-refractivity contribution in [2.45, 2.75) is 44.1 Å². The average Bonchev–Trinajstić information content (AvgIpc) is 2.79. The number of carbonyl (C=O) groups is 1. The second-order valence-corrected chi connectivity index (χ2v) is 7.64. The van der Waals surface area contributed by atoms with Gasteiger partial charge in [0.15, 0.2) is 0 Å². The van der Waals surface area contributed by atoms with Gasteiger partial charge in [-0.05, 0) is 25.7 Å². The summed E-state index contributed by atoms with van der Waals surface area (Å²) in [6.45, 7) is 2.86. The molecule has 6 nitrogen and oxygen atoms in total. The Labute approximate surface area is 137 Å². The maximum absolute atomic E-state index is 11.9. The van der Waals surface area contributed by atoms with E-state index in [4.69, 9.17) is 5.73 Å². The molecule has 1 saturated carbocycles. The molecule has 3 heterocycles. The molecule has 1 amide bonds. The van der Waals surface area contributed by atoms with Crippen molar-refractivity contribution in [1.29, 1.82) is 0 Å². The molecule has 2 saturated heterocycles. The van der Waals surface area contributed by atoms with Crippen LogP contribution in [0.25, 0.3) is 0 Å². The molecule has 3 fully saturated rings. The first kappa shape index (κ1) is 14.9. The van der Waals surface area contributed by atoms with Crippen molar-refractivity contribution in [1.82, 2.24) is 14.9 Å². The third-order valence-corrected chi connectivity index (χ3v) is 5.94. The Morgan fingerprint density at radius 3 is 2.61 bits per heavy atom. The van der Waals surface area contributed by atoms with E-state index in [1.807, 2.05) is 11.9 Å². The number of anilines is 1. The summed E-state index contributed by atoms with van der Waals surface area (Å²) in [5.41, 5.74) is 7.22. The van der Waals surface area contributed by atoms with Crippen molar-refractivity contribution >= 4 is 11.7 Å². The Bertz CT molecular complexity index is 605. The van der Waals surface area contributed by atoms with E-state index < -0.39 is 0 Å². The van der Waals surface area contributed by atoms with Gasteiger partial charge in [0.25, 0.3) is 0 Å². The largest absolute Gasteiger partial charge is 0.356 e. The maximum atomic E-state index is 11.9. The fourth-order valence-corrected chi connectivity index (χ4v) is 4.31. The number of hydrogen-bond acceptors (Lipinski definition) is 5. The Kier molecular flexibility index (Phi) is 3.52. The number of hydrogen-bond donors (Lipinski definition) is 1. The second kappa shape index (κ2) is 5.44. The van der Waals surface area contributed by atoms with Crippen molar-refractivity contribution in [2.75, 3.05) is 31.6 Å². The topological polar surface area (TPSA) is 75.3 Å². The van der Waals surface area contributed by atoms with Crippen LogP contribution in [0.15, 0.2) is 12.4 Å². The Morgan fingerprint density at radius 2 is 2.00 bits per heavy atom. The Hall–Kier alpha value is -1.69. The first-order valence-electron chi connectivity index (χ1n) is 8.61. The van der Waals surface area contributed by atoms with Crippen molar-refractivity contribution in [3.8, 4) is 0 Å². The van der Waals surface area contributed by atoms with Gasteiger partial charge >= 0.3 is 0 Å². The normalized spacial score (nSPS) is 29.9. The number of nitrogens with zero attached hydrogens (tertiary/aromatic N) is 4. The van der Waals surface area contributed by atoms with Crippen molar-refractivity contribution in [2.24, 2.45) is 11.1 Å². The van der Waals surface area contributed by atoms with Gasteiger partial charge in [0.1, 0.15) is 12.1 Å². The standard InChI is InChI=1S/C17H25N5O/c1-21-10-17(9-16(21)23)2-4-22(5-3-17)15-8-14(19-11-20-15)12-6-13(18)7-12/h8,11-13H,2-7,9-10,18H2,1H3. The van der Waals surface area contributed by atoms with E-state index in [0.717, 1.165) is 56.8 Å². The lowest BCUT2D eigenvalue weighted by Crippen LogP contribution is -2.42. The van der Waals surface area contributed by atoms with E-state index in [9.17, 15) is 4.79 Å². The van der Waals surface area contributed by atoms with E-state index >= 15 is 0 Å². The SMILES string of the molecule is CN1CC2(CCN(c3cc(C4CC(N)C4)ncn3)CC2)CC1=O.